The molecule has 1 atom stereocenters. The Bertz CT molecular complexity index is 587. The summed E-state index contributed by atoms with van der Waals surface area (Å²) in [6, 6.07) is 4.48. The maximum atomic E-state index is 4.54. The average Bonchev–Trinajstić information content (AvgIpc) is 2.95. The molecule has 0 radical (unpaired) electrons. The van der Waals surface area contributed by atoms with Crippen LogP contribution in [-0.4, -0.2) is 46.5 Å². The van der Waals surface area contributed by atoms with Gasteiger partial charge in [0.05, 0.1) is 6.54 Å². The highest BCUT2D eigenvalue weighted by molar-refractivity contribution is 7.11. The molecule has 2 aromatic rings. The Morgan fingerprint density at radius 1 is 1.33 bits per heavy atom. The highest BCUT2D eigenvalue weighted by atomic mass is 32.1. The van der Waals surface area contributed by atoms with E-state index in [0.717, 1.165) is 32.7 Å². The van der Waals surface area contributed by atoms with E-state index in [-0.39, 0.29) is 0 Å². The second-order valence-corrected chi connectivity index (χ2v) is 7.68. The van der Waals surface area contributed by atoms with Crippen LogP contribution < -0.4 is 0 Å². The van der Waals surface area contributed by atoms with Crippen molar-refractivity contribution >= 4 is 11.3 Å². The van der Waals surface area contributed by atoms with Crippen LogP contribution >= 0.6 is 11.3 Å². The third kappa shape index (κ3) is 3.73. The van der Waals surface area contributed by atoms with Crippen molar-refractivity contribution in [3.63, 3.8) is 0 Å². The molecule has 2 aromatic heterocycles. The Morgan fingerprint density at radius 2 is 2.19 bits per heavy atom. The molecular formula is C16H24N4S. The van der Waals surface area contributed by atoms with Crippen LogP contribution in [0.1, 0.15) is 15.6 Å². The van der Waals surface area contributed by atoms with Gasteiger partial charge in [0.1, 0.15) is 5.82 Å². The molecule has 0 aromatic carbocycles. The Balaban J connectivity index is 1.76. The van der Waals surface area contributed by atoms with Gasteiger partial charge in [-0.05, 0) is 33.2 Å². The fourth-order valence-electron chi connectivity index (χ4n) is 3.17. The summed E-state index contributed by atoms with van der Waals surface area (Å²) in [5, 5.41) is 0. The lowest BCUT2D eigenvalue weighted by Gasteiger charge is -2.25. The molecular weight excluding hydrogens is 280 g/mol. The second kappa shape index (κ2) is 6.30. The Morgan fingerprint density at radius 3 is 2.90 bits per heavy atom. The molecule has 4 nitrogen and oxygen atoms in total. The zero-order chi connectivity index (χ0) is 14.8. The predicted octanol–water partition coefficient (Wildman–Crippen LogP) is 2.45. The molecule has 0 amide bonds. The van der Waals surface area contributed by atoms with Gasteiger partial charge in [-0.3, -0.25) is 4.90 Å². The van der Waals surface area contributed by atoms with Crippen molar-refractivity contribution in [2.75, 3.05) is 27.2 Å². The third-order valence-electron chi connectivity index (χ3n) is 3.94. The lowest BCUT2D eigenvalue weighted by Crippen LogP contribution is -2.33. The molecule has 1 aliphatic heterocycles. The standard InChI is InChI=1S/C16H24N4S/c1-13-4-5-15(21-13)11-19-9-14(8-18(2)3)10-20-7-6-17-16(20)12-19/h4-7,14H,8-12H2,1-3H3/t14-/m1/s1. The van der Waals surface area contributed by atoms with E-state index >= 15 is 0 Å². The molecule has 0 unspecified atom stereocenters. The smallest absolute Gasteiger partial charge is 0.122 e. The summed E-state index contributed by atoms with van der Waals surface area (Å²) >= 11 is 1.91. The number of hydrogen-bond acceptors (Lipinski definition) is 4. The zero-order valence-corrected chi connectivity index (χ0v) is 13.9. The first kappa shape index (κ1) is 14.8. The van der Waals surface area contributed by atoms with Crippen LogP contribution in [0.3, 0.4) is 0 Å². The summed E-state index contributed by atoms with van der Waals surface area (Å²) in [5.74, 6) is 1.85. The van der Waals surface area contributed by atoms with E-state index in [2.05, 4.69) is 58.7 Å². The van der Waals surface area contributed by atoms with E-state index in [1.165, 1.54) is 15.6 Å². The largest absolute Gasteiger partial charge is 0.333 e. The summed E-state index contributed by atoms with van der Waals surface area (Å²) in [6.45, 7) is 7.50. The van der Waals surface area contributed by atoms with Crippen LogP contribution in [0.2, 0.25) is 0 Å². The number of rotatable bonds is 4. The van der Waals surface area contributed by atoms with Gasteiger partial charge in [-0.25, -0.2) is 4.98 Å². The fourth-order valence-corrected chi connectivity index (χ4v) is 4.10. The van der Waals surface area contributed by atoms with Gasteiger partial charge in [0.2, 0.25) is 0 Å². The second-order valence-electron chi connectivity index (χ2n) is 6.31. The number of nitrogens with zero attached hydrogens (tertiary/aromatic N) is 4. The van der Waals surface area contributed by atoms with E-state index in [1.54, 1.807) is 0 Å². The van der Waals surface area contributed by atoms with E-state index in [0.29, 0.717) is 5.92 Å². The van der Waals surface area contributed by atoms with Gasteiger partial charge in [0.25, 0.3) is 0 Å². The first-order chi connectivity index (χ1) is 10.1. The van der Waals surface area contributed by atoms with Gasteiger partial charge in [0.15, 0.2) is 0 Å². The molecule has 3 heterocycles. The van der Waals surface area contributed by atoms with Gasteiger partial charge < -0.3 is 9.47 Å². The van der Waals surface area contributed by atoms with Crippen LogP contribution in [0.5, 0.6) is 0 Å². The van der Waals surface area contributed by atoms with Crippen molar-refractivity contribution in [2.45, 2.75) is 26.6 Å². The van der Waals surface area contributed by atoms with Crippen LogP contribution in [0.15, 0.2) is 24.5 Å². The monoisotopic (exact) mass is 304 g/mol. The molecule has 0 spiro atoms. The summed E-state index contributed by atoms with van der Waals surface area (Å²) in [4.78, 5) is 12.2. The molecule has 0 saturated carbocycles. The quantitative estimate of drug-likeness (QED) is 0.867. The zero-order valence-electron chi connectivity index (χ0n) is 13.1. The van der Waals surface area contributed by atoms with Crippen LogP contribution in [0.25, 0.3) is 0 Å². The Labute approximate surface area is 131 Å². The van der Waals surface area contributed by atoms with Gasteiger partial charge in [0, 0.05) is 54.2 Å². The lowest BCUT2D eigenvalue weighted by molar-refractivity contribution is 0.195. The summed E-state index contributed by atoms with van der Waals surface area (Å²) in [5.41, 5.74) is 0. The van der Waals surface area contributed by atoms with Gasteiger partial charge >= 0.3 is 0 Å². The van der Waals surface area contributed by atoms with Crippen molar-refractivity contribution in [1.82, 2.24) is 19.4 Å². The van der Waals surface area contributed by atoms with Crippen molar-refractivity contribution in [3.05, 3.63) is 40.1 Å². The molecule has 0 fully saturated rings. The number of aryl methyl sites for hydroxylation is 1. The third-order valence-corrected chi connectivity index (χ3v) is 4.92. The number of thiophene rings is 1. The molecule has 0 aliphatic carbocycles. The molecule has 0 N–H and O–H groups in total. The Hall–Kier alpha value is -1.17. The minimum absolute atomic E-state index is 0.650. The molecule has 1 aliphatic rings. The minimum Gasteiger partial charge on any atom is -0.333 e. The van der Waals surface area contributed by atoms with E-state index < -0.39 is 0 Å². The van der Waals surface area contributed by atoms with Crippen LogP contribution in [0.4, 0.5) is 0 Å². The van der Waals surface area contributed by atoms with E-state index in [4.69, 9.17) is 0 Å². The number of aromatic nitrogens is 2. The van der Waals surface area contributed by atoms with Gasteiger partial charge in [-0.2, -0.15) is 0 Å². The predicted molar refractivity (Wildman–Crippen MR) is 87.4 cm³/mol. The minimum atomic E-state index is 0.650. The van der Waals surface area contributed by atoms with Crippen LogP contribution in [-0.2, 0) is 19.6 Å². The summed E-state index contributed by atoms with van der Waals surface area (Å²) in [7, 11) is 4.32. The molecule has 5 heteroatoms. The topological polar surface area (TPSA) is 24.3 Å². The molecule has 114 valence electrons. The number of fused-ring (bicyclic) bond motifs is 1. The average molecular weight is 304 g/mol. The van der Waals surface area contributed by atoms with Gasteiger partial charge in [-0.1, -0.05) is 0 Å². The lowest BCUT2D eigenvalue weighted by atomic mass is 10.1. The Kier molecular flexibility index (Phi) is 4.42. The molecule has 3 rings (SSSR count). The highest BCUT2D eigenvalue weighted by Crippen LogP contribution is 2.22. The van der Waals surface area contributed by atoms with E-state index in [1.807, 2.05) is 17.5 Å². The molecule has 0 bridgehead atoms. The van der Waals surface area contributed by atoms with E-state index in [9.17, 15) is 0 Å². The normalized spacial score (nSPS) is 19.7. The van der Waals surface area contributed by atoms with Crippen molar-refractivity contribution < 1.29 is 0 Å². The first-order valence-corrected chi connectivity index (χ1v) is 8.34. The maximum absolute atomic E-state index is 4.54. The van der Waals surface area contributed by atoms with Crippen molar-refractivity contribution in [2.24, 2.45) is 5.92 Å². The molecule has 21 heavy (non-hydrogen) atoms. The van der Waals surface area contributed by atoms with Crippen molar-refractivity contribution in [3.8, 4) is 0 Å². The first-order valence-electron chi connectivity index (χ1n) is 7.52. The summed E-state index contributed by atoms with van der Waals surface area (Å²) in [6.07, 6.45) is 4.05. The summed E-state index contributed by atoms with van der Waals surface area (Å²) < 4.78 is 2.33. The number of hydrogen-bond donors (Lipinski definition) is 0. The highest BCUT2D eigenvalue weighted by Gasteiger charge is 2.23. The maximum Gasteiger partial charge on any atom is 0.122 e. The SMILES string of the molecule is Cc1ccc(CN2Cc3nccn3C[C@H](CN(C)C)C2)s1. The van der Waals surface area contributed by atoms with Gasteiger partial charge in [-0.15, -0.1) is 11.3 Å². The number of imidazole rings is 1. The molecule has 0 saturated heterocycles. The fraction of sp³-hybridized carbons (Fsp3) is 0.562. The van der Waals surface area contributed by atoms with Crippen LogP contribution in [0, 0.1) is 12.8 Å². The van der Waals surface area contributed by atoms with Crippen molar-refractivity contribution in [1.29, 1.82) is 0 Å².